The molecule has 2 atom stereocenters. The second-order valence-electron chi connectivity index (χ2n) is 6.91. The fraction of sp³-hybridized carbons (Fsp3) is 0.667. The van der Waals surface area contributed by atoms with Crippen LogP contribution in [-0.2, 0) is 0 Å². The van der Waals surface area contributed by atoms with Gasteiger partial charge < -0.3 is 15.3 Å². The van der Waals surface area contributed by atoms with E-state index in [2.05, 4.69) is 16.4 Å². The van der Waals surface area contributed by atoms with Crippen LogP contribution in [0, 0.1) is 18.3 Å². The maximum atomic E-state index is 10.5. The minimum Gasteiger partial charge on any atom is -0.390 e. The second kappa shape index (κ2) is 7.29. The van der Waals surface area contributed by atoms with Crippen LogP contribution in [0.15, 0.2) is 12.3 Å². The number of β-amino-alcohol motifs (C(OH)–C–C–N with tert-alkyl or cyclic N) is 1. The standard InChI is InChI=1S/C18H26N4O/c1-13-9-14(10-19)18(20-11-13)22-8-7-16(17(23)12-22)21-15-5-3-2-4-6-15/h9,11,15-17,21,23H,2-8,12H2,1H3/t16?,17-/m1/s1. The van der Waals surface area contributed by atoms with Crippen molar-refractivity contribution in [1.82, 2.24) is 10.3 Å². The van der Waals surface area contributed by atoms with Gasteiger partial charge in [-0.15, -0.1) is 0 Å². The van der Waals surface area contributed by atoms with Gasteiger partial charge in [-0.05, 0) is 37.8 Å². The van der Waals surface area contributed by atoms with E-state index < -0.39 is 6.10 Å². The van der Waals surface area contributed by atoms with Gasteiger partial charge in [0.15, 0.2) is 0 Å². The highest BCUT2D eigenvalue weighted by Crippen LogP contribution is 2.24. The first-order valence-electron chi connectivity index (χ1n) is 8.73. The van der Waals surface area contributed by atoms with E-state index in [1.54, 1.807) is 6.20 Å². The number of aliphatic hydroxyl groups excluding tert-OH is 1. The number of pyridine rings is 1. The van der Waals surface area contributed by atoms with Gasteiger partial charge in [-0.1, -0.05) is 19.3 Å². The zero-order valence-corrected chi connectivity index (χ0v) is 13.8. The molecule has 1 saturated heterocycles. The molecule has 23 heavy (non-hydrogen) atoms. The summed E-state index contributed by atoms with van der Waals surface area (Å²) in [5, 5.41) is 23.5. The highest BCUT2D eigenvalue weighted by molar-refractivity contribution is 5.55. The Bertz CT molecular complexity index is 577. The number of aromatic nitrogens is 1. The first-order chi connectivity index (χ1) is 11.2. The van der Waals surface area contributed by atoms with Crippen LogP contribution in [-0.4, -0.2) is 41.4 Å². The summed E-state index contributed by atoms with van der Waals surface area (Å²) in [5.74, 6) is 0.702. The molecule has 2 fully saturated rings. The van der Waals surface area contributed by atoms with Crippen molar-refractivity contribution < 1.29 is 5.11 Å². The lowest BCUT2D eigenvalue weighted by atomic mass is 9.92. The van der Waals surface area contributed by atoms with E-state index in [0.29, 0.717) is 24.0 Å². The molecule has 3 rings (SSSR count). The van der Waals surface area contributed by atoms with Gasteiger partial charge in [0.25, 0.3) is 0 Å². The molecule has 5 nitrogen and oxygen atoms in total. The van der Waals surface area contributed by atoms with Crippen LogP contribution in [0.4, 0.5) is 5.82 Å². The Labute approximate surface area is 138 Å². The Morgan fingerprint density at radius 2 is 2.09 bits per heavy atom. The molecule has 1 unspecified atom stereocenters. The summed E-state index contributed by atoms with van der Waals surface area (Å²) in [6, 6.07) is 4.80. The molecular formula is C18H26N4O. The summed E-state index contributed by atoms with van der Waals surface area (Å²) >= 11 is 0. The van der Waals surface area contributed by atoms with Crippen LogP contribution in [0.3, 0.4) is 0 Å². The number of nitrogens with one attached hydrogen (secondary N) is 1. The summed E-state index contributed by atoms with van der Waals surface area (Å²) in [7, 11) is 0. The molecule has 2 N–H and O–H groups in total. The van der Waals surface area contributed by atoms with Gasteiger partial charge in [-0.3, -0.25) is 0 Å². The number of anilines is 1. The molecule has 0 bridgehead atoms. The summed E-state index contributed by atoms with van der Waals surface area (Å²) in [6.45, 7) is 3.30. The third-order valence-corrected chi connectivity index (χ3v) is 5.06. The van der Waals surface area contributed by atoms with Gasteiger partial charge in [0.05, 0.1) is 11.7 Å². The van der Waals surface area contributed by atoms with Crippen molar-refractivity contribution in [3.8, 4) is 6.07 Å². The minimum absolute atomic E-state index is 0.158. The molecule has 0 radical (unpaired) electrons. The van der Waals surface area contributed by atoms with Crippen molar-refractivity contribution in [2.75, 3.05) is 18.0 Å². The molecule has 2 aliphatic rings. The van der Waals surface area contributed by atoms with Crippen LogP contribution < -0.4 is 10.2 Å². The number of nitrogens with zero attached hydrogens (tertiary/aromatic N) is 3. The van der Waals surface area contributed by atoms with E-state index in [9.17, 15) is 10.4 Å². The van der Waals surface area contributed by atoms with Gasteiger partial charge in [-0.2, -0.15) is 5.26 Å². The molecule has 1 saturated carbocycles. The van der Waals surface area contributed by atoms with Crippen molar-refractivity contribution in [3.63, 3.8) is 0 Å². The largest absolute Gasteiger partial charge is 0.390 e. The SMILES string of the molecule is Cc1cnc(N2CCC(NC3CCCCC3)[C@H](O)C2)c(C#N)c1. The van der Waals surface area contributed by atoms with Crippen molar-refractivity contribution in [2.45, 2.75) is 63.6 Å². The second-order valence-corrected chi connectivity index (χ2v) is 6.91. The lowest BCUT2D eigenvalue weighted by molar-refractivity contribution is 0.103. The van der Waals surface area contributed by atoms with E-state index in [0.717, 1.165) is 18.5 Å². The van der Waals surface area contributed by atoms with Gasteiger partial charge in [-0.25, -0.2) is 4.98 Å². The Hall–Kier alpha value is -1.64. The molecule has 0 spiro atoms. The molecule has 124 valence electrons. The average Bonchev–Trinajstić information content (AvgIpc) is 2.57. The Balaban J connectivity index is 1.63. The maximum Gasteiger partial charge on any atom is 0.146 e. The van der Waals surface area contributed by atoms with Crippen LogP contribution in [0.1, 0.15) is 49.7 Å². The zero-order valence-electron chi connectivity index (χ0n) is 13.8. The Morgan fingerprint density at radius 1 is 1.30 bits per heavy atom. The number of hydrogen-bond donors (Lipinski definition) is 2. The normalized spacial score (nSPS) is 26.0. The lowest BCUT2D eigenvalue weighted by Gasteiger charge is -2.39. The first kappa shape index (κ1) is 16.2. The number of aliphatic hydroxyl groups is 1. The van der Waals surface area contributed by atoms with Gasteiger partial charge in [0.1, 0.15) is 11.9 Å². The van der Waals surface area contributed by atoms with Gasteiger partial charge in [0.2, 0.25) is 0 Å². The monoisotopic (exact) mass is 314 g/mol. The molecule has 1 aromatic heterocycles. The number of aryl methyl sites for hydroxylation is 1. The molecular weight excluding hydrogens is 288 g/mol. The van der Waals surface area contributed by atoms with E-state index in [4.69, 9.17) is 0 Å². The smallest absolute Gasteiger partial charge is 0.146 e. The molecule has 0 amide bonds. The quantitative estimate of drug-likeness (QED) is 0.894. The predicted molar refractivity (Wildman–Crippen MR) is 90.3 cm³/mol. The van der Waals surface area contributed by atoms with Crippen molar-refractivity contribution in [2.24, 2.45) is 0 Å². The van der Waals surface area contributed by atoms with E-state index >= 15 is 0 Å². The third-order valence-electron chi connectivity index (χ3n) is 5.06. The van der Waals surface area contributed by atoms with Crippen molar-refractivity contribution >= 4 is 5.82 Å². The number of rotatable bonds is 3. The van der Waals surface area contributed by atoms with Crippen LogP contribution >= 0.6 is 0 Å². The highest BCUT2D eigenvalue weighted by atomic mass is 16.3. The predicted octanol–water partition coefficient (Wildman–Crippen LogP) is 2.12. The zero-order chi connectivity index (χ0) is 16.2. The van der Waals surface area contributed by atoms with E-state index in [1.165, 1.54) is 32.1 Å². The lowest BCUT2D eigenvalue weighted by Crippen LogP contribution is -2.55. The first-order valence-corrected chi connectivity index (χ1v) is 8.73. The summed E-state index contributed by atoms with van der Waals surface area (Å²) < 4.78 is 0. The van der Waals surface area contributed by atoms with Gasteiger partial charge in [0, 0.05) is 31.4 Å². The number of piperidine rings is 1. The summed E-state index contributed by atoms with van der Waals surface area (Å²) in [5.41, 5.74) is 1.58. The average molecular weight is 314 g/mol. The summed E-state index contributed by atoms with van der Waals surface area (Å²) in [4.78, 5) is 6.46. The molecule has 1 aromatic rings. The molecule has 2 heterocycles. The maximum absolute atomic E-state index is 10.5. The fourth-order valence-corrected chi connectivity index (χ4v) is 3.79. The number of nitriles is 1. The highest BCUT2D eigenvalue weighted by Gasteiger charge is 2.31. The Morgan fingerprint density at radius 3 is 2.78 bits per heavy atom. The topological polar surface area (TPSA) is 72.2 Å². The van der Waals surface area contributed by atoms with E-state index in [-0.39, 0.29) is 6.04 Å². The van der Waals surface area contributed by atoms with Crippen LogP contribution in [0.5, 0.6) is 0 Å². The van der Waals surface area contributed by atoms with Crippen molar-refractivity contribution in [1.29, 1.82) is 5.26 Å². The van der Waals surface area contributed by atoms with Crippen LogP contribution in [0.25, 0.3) is 0 Å². The van der Waals surface area contributed by atoms with Crippen LogP contribution in [0.2, 0.25) is 0 Å². The molecule has 0 aromatic carbocycles. The Kier molecular flexibility index (Phi) is 5.14. The third kappa shape index (κ3) is 3.82. The summed E-state index contributed by atoms with van der Waals surface area (Å²) in [6.07, 6.45) is 8.65. The molecule has 5 heteroatoms. The van der Waals surface area contributed by atoms with E-state index in [1.807, 2.05) is 17.9 Å². The van der Waals surface area contributed by atoms with Crippen molar-refractivity contribution in [3.05, 3.63) is 23.4 Å². The minimum atomic E-state index is -0.416. The molecule has 1 aliphatic heterocycles. The van der Waals surface area contributed by atoms with Gasteiger partial charge >= 0.3 is 0 Å². The molecule has 1 aliphatic carbocycles. The fourth-order valence-electron chi connectivity index (χ4n) is 3.79. The number of hydrogen-bond acceptors (Lipinski definition) is 5.